The summed E-state index contributed by atoms with van der Waals surface area (Å²) in [5.74, 6) is -1.90. The first-order valence-corrected chi connectivity index (χ1v) is 8.46. The van der Waals surface area contributed by atoms with Crippen molar-refractivity contribution >= 4 is 23.5 Å². The van der Waals surface area contributed by atoms with Gasteiger partial charge >= 0.3 is 5.97 Å². The van der Waals surface area contributed by atoms with Crippen molar-refractivity contribution in [2.24, 2.45) is 0 Å². The maximum Gasteiger partial charge on any atom is 0.336 e. The molecule has 0 bridgehead atoms. The lowest BCUT2D eigenvalue weighted by molar-refractivity contribution is -0.172. The van der Waals surface area contributed by atoms with E-state index in [-0.39, 0.29) is 0 Å². The van der Waals surface area contributed by atoms with E-state index in [1.54, 1.807) is 64.2 Å². The molecular formula is C20H22N2O4. The van der Waals surface area contributed by atoms with Crippen LogP contribution in [-0.4, -0.2) is 30.4 Å². The molecule has 1 aromatic rings. The number of rotatable bonds is 3. The number of hydrogen-bond acceptors (Lipinski definition) is 4. The number of carbonyl (C=O) groups is 3. The van der Waals surface area contributed by atoms with Crippen molar-refractivity contribution in [3.05, 3.63) is 53.6 Å². The van der Waals surface area contributed by atoms with Crippen LogP contribution in [0.5, 0.6) is 0 Å². The minimum absolute atomic E-state index is 0.370. The number of ether oxygens (including phenoxy) is 1. The summed E-state index contributed by atoms with van der Waals surface area (Å²) in [4.78, 5) is 40.3. The van der Waals surface area contributed by atoms with Crippen molar-refractivity contribution in [3.8, 4) is 0 Å². The third-order valence-electron chi connectivity index (χ3n) is 4.34. The first kappa shape index (κ1) is 17.9. The fourth-order valence-corrected chi connectivity index (χ4v) is 3.12. The summed E-state index contributed by atoms with van der Waals surface area (Å²) in [6.07, 6.45) is 5.61. The Morgan fingerprint density at radius 3 is 2.54 bits per heavy atom. The molecule has 1 aliphatic heterocycles. The van der Waals surface area contributed by atoms with E-state index >= 15 is 0 Å². The summed E-state index contributed by atoms with van der Waals surface area (Å²) in [7, 11) is 1.57. The van der Waals surface area contributed by atoms with Gasteiger partial charge < -0.3 is 15.0 Å². The molecule has 136 valence electrons. The minimum atomic E-state index is -2.03. The number of allylic oxidation sites excluding steroid dienone is 3. The van der Waals surface area contributed by atoms with E-state index in [0.29, 0.717) is 23.2 Å². The fourth-order valence-electron chi connectivity index (χ4n) is 3.12. The smallest absolute Gasteiger partial charge is 0.336 e. The van der Waals surface area contributed by atoms with Gasteiger partial charge in [-0.15, -0.1) is 0 Å². The van der Waals surface area contributed by atoms with Crippen LogP contribution in [-0.2, 0) is 24.7 Å². The standard InChI is InChI=1S/C20H22N2O4/c1-19(2,3)21-17(24)20(26-16(23)13-9-5-6-10-13)14-11-7-8-12-15(14)22(4)18(20)25/h5-9,11-12H,10H2,1-4H3,(H,21,24). The molecule has 6 nitrogen and oxygen atoms in total. The minimum Gasteiger partial charge on any atom is -0.430 e. The topological polar surface area (TPSA) is 75.7 Å². The van der Waals surface area contributed by atoms with E-state index in [1.807, 2.05) is 6.08 Å². The van der Waals surface area contributed by atoms with Crippen LogP contribution in [0.1, 0.15) is 32.8 Å². The molecule has 1 atom stereocenters. The molecule has 6 heteroatoms. The van der Waals surface area contributed by atoms with Crippen molar-refractivity contribution < 1.29 is 19.1 Å². The Morgan fingerprint density at radius 2 is 1.92 bits per heavy atom. The van der Waals surface area contributed by atoms with E-state index in [1.165, 1.54) is 4.90 Å². The number of carbonyl (C=O) groups excluding carboxylic acids is 3. The third kappa shape index (κ3) is 2.81. The van der Waals surface area contributed by atoms with E-state index in [4.69, 9.17) is 4.74 Å². The van der Waals surface area contributed by atoms with Crippen molar-refractivity contribution in [2.75, 3.05) is 11.9 Å². The van der Waals surface area contributed by atoms with Gasteiger partial charge in [0, 0.05) is 23.7 Å². The fraction of sp³-hybridized carbons (Fsp3) is 0.350. The van der Waals surface area contributed by atoms with E-state index in [2.05, 4.69) is 5.32 Å². The molecule has 1 unspecified atom stereocenters. The zero-order chi connectivity index (χ0) is 19.1. The zero-order valence-electron chi connectivity index (χ0n) is 15.3. The van der Waals surface area contributed by atoms with E-state index in [0.717, 1.165) is 0 Å². The number of fused-ring (bicyclic) bond motifs is 1. The van der Waals surface area contributed by atoms with Crippen LogP contribution in [0.4, 0.5) is 5.69 Å². The van der Waals surface area contributed by atoms with Gasteiger partial charge in [0.05, 0.1) is 5.69 Å². The Hall–Kier alpha value is -2.89. The molecule has 1 aliphatic carbocycles. The van der Waals surface area contributed by atoms with Gasteiger partial charge in [0.15, 0.2) is 0 Å². The quantitative estimate of drug-likeness (QED) is 0.667. The maximum absolute atomic E-state index is 13.2. The Labute approximate surface area is 152 Å². The highest BCUT2D eigenvalue weighted by atomic mass is 16.6. The summed E-state index contributed by atoms with van der Waals surface area (Å²) in [5.41, 5.74) is -1.30. The second kappa shape index (κ2) is 6.12. The molecule has 2 amide bonds. The Bertz CT molecular complexity index is 848. The normalized spacial score (nSPS) is 21.5. The summed E-state index contributed by atoms with van der Waals surface area (Å²) in [6.45, 7) is 5.41. The lowest BCUT2D eigenvalue weighted by atomic mass is 9.92. The van der Waals surface area contributed by atoms with Gasteiger partial charge in [0.25, 0.3) is 17.4 Å². The van der Waals surface area contributed by atoms with Crippen LogP contribution >= 0.6 is 0 Å². The molecule has 1 heterocycles. The summed E-state index contributed by atoms with van der Waals surface area (Å²) < 4.78 is 5.65. The number of para-hydroxylation sites is 1. The van der Waals surface area contributed by atoms with Crippen molar-refractivity contribution in [1.82, 2.24) is 5.32 Å². The van der Waals surface area contributed by atoms with Gasteiger partial charge in [-0.1, -0.05) is 36.4 Å². The third-order valence-corrected chi connectivity index (χ3v) is 4.34. The Morgan fingerprint density at radius 1 is 1.23 bits per heavy atom. The van der Waals surface area contributed by atoms with Crippen molar-refractivity contribution in [1.29, 1.82) is 0 Å². The number of nitrogens with one attached hydrogen (secondary N) is 1. The number of hydrogen-bond donors (Lipinski definition) is 1. The number of likely N-dealkylation sites (N-methyl/N-ethyl adjacent to an activating group) is 1. The SMILES string of the molecule is CN1C(=O)C(OC(=O)C2=CC=CC2)(C(=O)NC(C)(C)C)c2ccccc21. The summed E-state index contributed by atoms with van der Waals surface area (Å²) >= 11 is 0. The van der Waals surface area contributed by atoms with Crippen LogP contribution in [0.3, 0.4) is 0 Å². The molecule has 0 radical (unpaired) electrons. The molecule has 0 saturated carbocycles. The highest BCUT2D eigenvalue weighted by molar-refractivity contribution is 6.21. The Balaban J connectivity index is 2.09. The van der Waals surface area contributed by atoms with E-state index in [9.17, 15) is 14.4 Å². The van der Waals surface area contributed by atoms with Crippen LogP contribution in [0.2, 0.25) is 0 Å². The van der Waals surface area contributed by atoms with Gasteiger partial charge in [0.1, 0.15) is 0 Å². The van der Waals surface area contributed by atoms with Crippen molar-refractivity contribution in [3.63, 3.8) is 0 Å². The molecule has 1 N–H and O–H groups in total. The largest absolute Gasteiger partial charge is 0.430 e. The average molecular weight is 354 g/mol. The predicted molar refractivity (Wildman–Crippen MR) is 97.4 cm³/mol. The molecule has 2 aliphatic rings. The number of nitrogens with zero attached hydrogens (tertiary/aromatic N) is 1. The number of anilines is 1. The molecule has 1 aromatic carbocycles. The van der Waals surface area contributed by atoms with Crippen LogP contribution in [0.25, 0.3) is 0 Å². The molecule has 3 rings (SSSR count). The lowest BCUT2D eigenvalue weighted by Crippen LogP contribution is -2.57. The molecular weight excluding hydrogens is 332 g/mol. The van der Waals surface area contributed by atoms with Gasteiger partial charge in [-0.05, 0) is 33.3 Å². The maximum atomic E-state index is 13.2. The number of esters is 1. The first-order valence-electron chi connectivity index (χ1n) is 8.46. The number of amides is 2. The summed E-state index contributed by atoms with van der Waals surface area (Å²) in [6, 6.07) is 6.86. The van der Waals surface area contributed by atoms with Gasteiger partial charge in [-0.3, -0.25) is 9.59 Å². The van der Waals surface area contributed by atoms with Crippen LogP contribution in [0, 0.1) is 0 Å². The molecule has 26 heavy (non-hydrogen) atoms. The summed E-state index contributed by atoms with van der Waals surface area (Å²) in [5, 5.41) is 2.79. The Kier molecular flexibility index (Phi) is 4.22. The highest BCUT2D eigenvalue weighted by Gasteiger charge is 2.59. The lowest BCUT2D eigenvalue weighted by Gasteiger charge is -2.31. The van der Waals surface area contributed by atoms with Gasteiger partial charge in [-0.25, -0.2) is 4.79 Å². The first-order chi connectivity index (χ1) is 12.2. The van der Waals surface area contributed by atoms with E-state index < -0.39 is 28.9 Å². The second-order valence-electron chi connectivity index (χ2n) is 7.48. The second-order valence-corrected chi connectivity index (χ2v) is 7.48. The predicted octanol–water partition coefficient (Wildman–Crippen LogP) is 2.20. The zero-order valence-corrected chi connectivity index (χ0v) is 15.3. The molecule has 0 fully saturated rings. The highest BCUT2D eigenvalue weighted by Crippen LogP contribution is 2.43. The van der Waals surface area contributed by atoms with Crippen LogP contribution in [0.15, 0.2) is 48.1 Å². The molecule has 0 saturated heterocycles. The molecule has 0 aromatic heterocycles. The average Bonchev–Trinajstić information content (AvgIpc) is 3.17. The van der Waals surface area contributed by atoms with Crippen molar-refractivity contribution in [2.45, 2.75) is 38.3 Å². The monoisotopic (exact) mass is 354 g/mol. The van der Waals surface area contributed by atoms with Crippen LogP contribution < -0.4 is 10.2 Å². The molecule has 0 spiro atoms. The number of benzene rings is 1. The van der Waals surface area contributed by atoms with Gasteiger partial charge in [0.2, 0.25) is 0 Å². The van der Waals surface area contributed by atoms with Gasteiger partial charge in [-0.2, -0.15) is 0 Å².